The van der Waals surface area contributed by atoms with Gasteiger partial charge in [0, 0.05) is 24.2 Å². The Balaban J connectivity index is 1.33. The van der Waals surface area contributed by atoms with Gasteiger partial charge in [-0.3, -0.25) is 19.8 Å². The summed E-state index contributed by atoms with van der Waals surface area (Å²) in [6.45, 7) is 12.1. The summed E-state index contributed by atoms with van der Waals surface area (Å²) in [6.07, 6.45) is 1.90. The molecule has 3 aromatic rings. The van der Waals surface area contributed by atoms with Gasteiger partial charge in [-0.25, -0.2) is 0 Å². The third-order valence-corrected chi connectivity index (χ3v) is 7.74. The van der Waals surface area contributed by atoms with Gasteiger partial charge < -0.3 is 9.32 Å². The molecule has 0 aliphatic carbocycles. The Morgan fingerprint density at radius 2 is 1.75 bits per heavy atom. The van der Waals surface area contributed by atoms with Crippen LogP contribution in [0, 0.1) is 17.0 Å². The number of anilines is 1. The number of aryl methyl sites for hydroxylation is 1. The molecule has 0 atom stereocenters. The molecule has 7 heteroatoms. The number of nitrogens with zero attached hydrogens (tertiary/aromatic N) is 3. The van der Waals surface area contributed by atoms with Gasteiger partial charge in [-0.15, -0.1) is 0 Å². The fourth-order valence-corrected chi connectivity index (χ4v) is 5.57. The van der Waals surface area contributed by atoms with Crippen molar-refractivity contribution in [3.8, 4) is 0 Å². The van der Waals surface area contributed by atoms with E-state index in [1.165, 1.54) is 28.8 Å². The van der Waals surface area contributed by atoms with Gasteiger partial charge in [0.25, 0.3) is 5.91 Å². The van der Waals surface area contributed by atoms with Gasteiger partial charge in [0.15, 0.2) is 5.76 Å². The summed E-state index contributed by atoms with van der Waals surface area (Å²) >= 11 is 0. The lowest BCUT2D eigenvalue weighted by Gasteiger charge is -2.40. The Kier molecular flexibility index (Phi) is 5.99. The predicted molar refractivity (Wildman–Crippen MR) is 140 cm³/mol. The number of hydrogen-bond acceptors (Lipinski definition) is 5. The SMILES string of the molecule is Cc1ccc2c(c1)C1(CCN(Cc3ccc(C(C)(C)C)cc3)CC1)CN2C(=O)c1ccc([N+](=O)[O-])o1. The molecule has 2 aliphatic rings. The average molecular weight is 488 g/mol. The molecule has 36 heavy (non-hydrogen) atoms. The summed E-state index contributed by atoms with van der Waals surface area (Å²) in [5.74, 6) is -0.743. The Morgan fingerprint density at radius 3 is 2.36 bits per heavy atom. The van der Waals surface area contributed by atoms with E-state index in [2.05, 4.69) is 62.9 Å². The lowest BCUT2D eigenvalue weighted by Crippen LogP contribution is -2.45. The van der Waals surface area contributed by atoms with Gasteiger partial charge in [0.05, 0.1) is 6.07 Å². The van der Waals surface area contributed by atoms with Crippen LogP contribution in [-0.2, 0) is 17.4 Å². The van der Waals surface area contributed by atoms with E-state index in [-0.39, 0.29) is 22.5 Å². The zero-order valence-electron chi connectivity index (χ0n) is 21.4. The van der Waals surface area contributed by atoms with E-state index in [9.17, 15) is 14.9 Å². The van der Waals surface area contributed by atoms with Crippen LogP contribution < -0.4 is 4.90 Å². The number of hydrogen-bond donors (Lipinski definition) is 0. The second kappa shape index (κ2) is 8.89. The lowest BCUT2D eigenvalue weighted by atomic mass is 9.74. The third kappa shape index (κ3) is 4.44. The molecule has 2 aliphatic heterocycles. The van der Waals surface area contributed by atoms with E-state index in [0.717, 1.165) is 43.7 Å². The maximum absolute atomic E-state index is 13.4. The molecule has 1 amide bonds. The first-order valence-corrected chi connectivity index (χ1v) is 12.5. The molecule has 1 saturated heterocycles. The smallest absolute Gasteiger partial charge is 0.395 e. The molecule has 1 fully saturated rings. The molecule has 0 unspecified atom stereocenters. The third-order valence-electron chi connectivity index (χ3n) is 7.74. The van der Waals surface area contributed by atoms with E-state index in [1.54, 1.807) is 4.90 Å². The van der Waals surface area contributed by atoms with Crippen molar-refractivity contribution in [2.45, 2.75) is 57.9 Å². The van der Waals surface area contributed by atoms with Crippen LogP contribution in [-0.4, -0.2) is 35.4 Å². The Hall–Kier alpha value is -3.45. The van der Waals surface area contributed by atoms with Crippen molar-refractivity contribution in [2.24, 2.45) is 0 Å². The number of amides is 1. The molecular formula is C29H33N3O4. The number of piperidine rings is 1. The average Bonchev–Trinajstić information content (AvgIpc) is 3.45. The Bertz CT molecular complexity index is 1290. The second-order valence-electron chi connectivity index (χ2n) is 11.3. The molecule has 188 valence electrons. The largest absolute Gasteiger partial charge is 0.433 e. The molecule has 0 radical (unpaired) electrons. The zero-order chi connectivity index (χ0) is 25.7. The molecular weight excluding hydrogens is 454 g/mol. The number of likely N-dealkylation sites (tertiary alicyclic amines) is 1. The van der Waals surface area contributed by atoms with Crippen LogP contribution in [0.1, 0.15) is 66.4 Å². The molecule has 5 rings (SSSR count). The second-order valence-corrected chi connectivity index (χ2v) is 11.3. The van der Waals surface area contributed by atoms with Crippen LogP contribution in [0.5, 0.6) is 0 Å². The minimum absolute atomic E-state index is 0.00131. The summed E-state index contributed by atoms with van der Waals surface area (Å²) < 4.78 is 5.25. The van der Waals surface area contributed by atoms with Crippen molar-refractivity contribution in [2.75, 3.05) is 24.5 Å². The van der Waals surface area contributed by atoms with Crippen molar-refractivity contribution in [3.63, 3.8) is 0 Å². The lowest BCUT2D eigenvalue weighted by molar-refractivity contribution is -0.402. The van der Waals surface area contributed by atoms with Crippen LogP contribution in [0.3, 0.4) is 0 Å². The van der Waals surface area contributed by atoms with Crippen LogP contribution in [0.15, 0.2) is 59.0 Å². The van der Waals surface area contributed by atoms with Crippen LogP contribution in [0.25, 0.3) is 0 Å². The highest BCUT2D eigenvalue weighted by atomic mass is 16.6. The Morgan fingerprint density at radius 1 is 1.06 bits per heavy atom. The Labute approximate surface area is 211 Å². The van der Waals surface area contributed by atoms with Crippen molar-refractivity contribution in [1.29, 1.82) is 0 Å². The number of furan rings is 1. The van der Waals surface area contributed by atoms with Gasteiger partial charge in [-0.05, 0) is 67.1 Å². The number of fused-ring (bicyclic) bond motifs is 2. The minimum Gasteiger partial charge on any atom is -0.395 e. The van der Waals surface area contributed by atoms with Gasteiger partial charge in [-0.2, -0.15) is 0 Å². The van der Waals surface area contributed by atoms with Crippen LogP contribution in [0.4, 0.5) is 11.6 Å². The van der Waals surface area contributed by atoms with Crippen molar-refractivity contribution < 1.29 is 14.1 Å². The van der Waals surface area contributed by atoms with Crippen molar-refractivity contribution in [1.82, 2.24) is 4.90 Å². The van der Waals surface area contributed by atoms with Gasteiger partial charge in [-0.1, -0.05) is 62.7 Å². The number of carbonyl (C=O) groups excluding carboxylic acids is 1. The monoisotopic (exact) mass is 487 g/mol. The maximum atomic E-state index is 13.4. The molecule has 0 bridgehead atoms. The van der Waals surface area contributed by atoms with E-state index in [1.807, 2.05) is 12.1 Å². The summed E-state index contributed by atoms with van der Waals surface area (Å²) in [4.78, 5) is 28.0. The zero-order valence-corrected chi connectivity index (χ0v) is 21.4. The summed E-state index contributed by atoms with van der Waals surface area (Å²) in [6, 6.07) is 17.8. The first-order chi connectivity index (χ1) is 17.1. The molecule has 0 N–H and O–H groups in total. The summed E-state index contributed by atoms with van der Waals surface area (Å²) in [5.41, 5.74) is 5.93. The minimum atomic E-state index is -0.619. The van der Waals surface area contributed by atoms with Crippen LogP contribution in [0.2, 0.25) is 0 Å². The molecule has 1 spiro atoms. The topological polar surface area (TPSA) is 79.8 Å². The highest BCUT2D eigenvalue weighted by molar-refractivity contribution is 6.06. The molecule has 0 saturated carbocycles. The number of rotatable bonds is 4. The van der Waals surface area contributed by atoms with Gasteiger partial charge in [0.1, 0.15) is 4.92 Å². The number of benzene rings is 2. The van der Waals surface area contributed by atoms with E-state index >= 15 is 0 Å². The molecule has 2 aromatic carbocycles. The molecule has 1 aromatic heterocycles. The maximum Gasteiger partial charge on any atom is 0.433 e. The first kappa shape index (κ1) is 24.3. The normalized spacial score (nSPS) is 17.4. The summed E-state index contributed by atoms with van der Waals surface area (Å²) in [5, 5.41) is 11.0. The highest BCUT2D eigenvalue weighted by Crippen LogP contribution is 2.48. The van der Waals surface area contributed by atoms with Crippen molar-refractivity contribution >= 4 is 17.5 Å². The molecule has 3 heterocycles. The fraction of sp³-hybridized carbons (Fsp3) is 0.414. The standard InChI is InChI=1S/C29H33N3O4/c1-20-5-10-24-23(17-20)29(19-31(24)27(33)25-11-12-26(36-25)32(34)35)13-15-30(16-14-29)18-21-6-8-22(9-7-21)28(2,3)4/h5-12,17H,13-16,18-19H2,1-4H3. The van der Waals surface area contributed by atoms with Crippen molar-refractivity contribution in [3.05, 3.63) is 92.7 Å². The molecule has 7 nitrogen and oxygen atoms in total. The first-order valence-electron chi connectivity index (χ1n) is 12.5. The van der Waals surface area contributed by atoms with E-state index in [0.29, 0.717) is 6.54 Å². The predicted octanol–water partition coefficient (Wildman–Crippen LogP) is 5.99. The number of nitro groups is 1. The van der Waals surface area contributed by atoms with Gasteiger partial charge >= 0.3 is 5.88 Å². The van der Waals surface area contributed by atoms with Gasteiger partial charge in [0.2, 0.25) is 0 Å². The quantitative estimate of drug-likeness (QED) is 0.334. The summed E-state index contributed by atoms with van der Waals surface area (Å²) in [7, 11) is 0. The number of carbonyl (C=O) groups is 1. The van der Waals surface area contributed by atoms with Crippen LogP contribution >= 0.6 is 0 Å². The highest BCUT2D eigenvalue weighted by Gasteiger charge is 2.47. The fourth-order valence-electron chi connectivity index (χ4n) is 5.57. The van der Waals surface area contributed by atoms with E-state index < -0.39 is 10.8 Å². The van der Waals surface area contributed by atoms with E-state index in [4.69, 9.17) is 4.42 Å².